The number of hydrogen-bond donors (Lipinski definition) is 2. The molecule has 8 aromatic rings. The first-order chi connectivity index (χ1) is 34.4. The van der Waals surface area contributed by atoms with Gasteiger partial charge in [0, 0.05) is 61.6 Å². The maximum atomic E-state index is 5.97. The molecule has 7 heterocycles. The summed E-state index contributed by atoms with van der Waals surface area (Å²) in [6.45, 7) is 1.78. The molecular weight excluding hydrogens is 934 g/mol. The van der Waals surface area contributed by atoms with Crippen LogP contribution >= 0.6 is 11.6 Å². The van der Waals surface area contributed by atoms with E-state index in [1.54, 1.807) is 78.4 Å². The Labute approximate surface area is 416 Å². The maximum Gasteiger partial charge on any atom is 0.228 e. The number of hydrogen-bond acceptors (Lipinski definition) is 19. The number of likely N-dealkylation sites (N-methyl/N-ethyl adjacent to an activating group) is 1. The third-order valence-corrected chi connectivity index (χ3v) is 12.5. The molecule has 6 aromatic heterocycles. The molecular formula is C49H60ClN13O8. The Morgan fingerprint density at radius 3 is 1.48 bits per heavy atom. The summed E-state index contributed by atoms with van der Waals surface area (Å²) in [7, 11) is 18.0. The van der Waals surface area contributed by atoms with Crippen molar-refractivity contribution in [3.63, 3.8) is 0 Å². The Bertz CT molecular complexity index is 2990. The first kappa shape index (κ1) is 49.9. The fourth-order valence-electron chi connectivity index (χ4n) is 8.50. The number of halogens is 1. The number of methoxy groups -OCH3 is 6. The van der Waals surface area contributed by atoms with Crippen LogP contribution in [0.5, 0.6) is 34.5 Å². The van der Waals surface area contributed by atoms with Crippen molar-refractivity contribution in [3.05, 3.63) is 79.3 Å². The number of imidazole rings is 2. The van der Waals surface area contributed by atoms with Crippen LogP contribution in [-0.2, 0) is 0 Å². The van der Waals surface area contributed by atoms with Gasteiger partial charge in [-0.1, -0.05) is 12.8 Å². The number of fused-ring (bicyclic) bond motifs is 2. The lowest BCUT2D eigenvalue weighted by Crippen LogP contribution is -2.32. The van der Waals surface area contributed by atoms with Gasteiger partial charge in [0.2, 0.25) is 22.7 Å². The third kappa shape index (κ3) is 11.3. The van der Waals surface area contributed by atoms with Gasteiger partial charge >= 0.3 is 0 Å². The van der Waals surface area contributed by atoms with Gasteiger partial charge in [-0.25, -0.2) is 19.9 Å². The van der Waals surface area contributed by atoms with Gasteiger partial charge < -0.3 is 71.7 Å². The van der Waals surface area contributed by atoms with E-state index in [1.807, 2.05) is 41.1 Å². The predicted molar refractivity (Wildman–Crippen MR) is 272 cm³/mol. The first-order valence-corrected chi connectivity index (χ1v) is 23.3. The molecule has 0 unspecified atom stereocenters. The second-order valence-corrected chi connectivity index (χ2v) is 17.4. The molecule has 0 spiro atoms. The van der Waals surface area contributed by atoms with E-state index in [-0.39, 0.29) is 5.28 Å². The average molecular weight is 995 g/mol. The second kappa shape index (κ2) is 22.5. The maximum absolute atomic E-state index is 5.97. The zero-order valence-electron chi connectivity index (χ0n) is 41.6. The monoisotopic (exact) mass is 993 g/mol. The third-order valence-electron chi connectivity index (χ3n) is 12.4. The van der Waals surface area contributed by atoms with Crippen LogP contribution in [0.4, 0.5) is 29.2 Å². The fraction of sp³-hybridized carbons (Fsp3) is 0.388. The summed E-state index contributed by atoms with van der Waals surface area (Å²) < 4.78 is 47.3. The highest BCUT2D eigenvalue weighted by atomic mass is 35.5. The van der Waals surface area contributed by atoms with Crippen LogP contribution in [0.25, 0.3) is 33.6 Å². The molecule has 10 rings (SSSR count). The number of anilines is 5. The van der Waals surface area contributed by atoms with Crippen LogP contribution in [-0.4, -0.2) is 145 Å². The number of nitrogens with one attached hydrogen (secondary N) is 2. The highest BCUT2D eigenvalue weighted by Gasteiger charge is 2.27. The van der Waals surface area contributed by atoms with Gasteiger partial charge in [-0.2, -0.15) is 9.97 Å². The summed E-state index contributed by atoms with van der Waals surface area (Å²) in [6, 6.07) is 12.3. The summed E-state index contributed by atoms with van der Waals surface area (Å²) in [4.78, 5) is 33.4. The van der Waals surface area contributed by atoms with Crippen LogP contribution in [0.2, 0.25) is 5.28 Å². The van der Waals surface area contributed by atoms with Crippen molar-refractivity contribution in [2.75, 3.05) is 99.5 Å². The number of benzene rings is 2. The van der Waals surface area contributed by atoms with Crippen molar-refractivity contribution in [1.29, 1.82) is 0 Å². The van der Waals surface area contributed by atoms with Gasteiger partial charge in [0.05, 0.1) is 79.0 Å². The predicted octanol–water partition coefficient (Wildman–Crippen LogP) is 8.64. The van der Waals surface area contributed by atoms with Crippen molar-refractivity contribution in [3.8, 4) is 45.9 Å². The smallest absolute Gasteiger partial charge is 0.228 e. The van der Waals surface area contributed by atoms with Crippen molar-refractivity contribution in [2.24, 2.45) is 0 Å². The average Bonchev–Trinajstić information content (AvgIpc) is 4.24. The SMILES string of the molecule is CN(C)C1CCCC1.COc1cc(-n2cnc(Nc3nc(Cl)nc4ccoc34)c2)cc(OC)c1OC.COc1cc(-n2cnc(Nc3nc(N4CC[C@@H](N(C)C)C4)nc4ccoc34)c2)cc(OC)c1OC. The van der Waals surface area contributed by atoms with E-state index >= 15 is 0 Å². The summed E-state index contributed by atoms with van der Waals surface area (Å²) >= 11 is 5.97. The Balaban J connectivity index is 0.000000167. The number of nitrogens with zero attached hydrogens (tertiary/aromatic N) is 11. The zero-order valence-corrected chi connectivity index (χ0v) is 42.4. The highest BCUT2D eigenvalue weighted by Crippen LogP contribution is 2.41. The molecule has 2 fully saturated rings. The lowest BCUT2D eigenvalue weighted by atomic mass is 10.2. The molecule has 2 aromatic carbocycles. The van der Waals surface area contributed by atoms with Crippen molar-refractivity contribution in [2.45, 2.75) is 44.2 Å². The van der Waals surface area contributed by atoms with E-state index in [1.165, 1.54) is 31.9 Å². The largest absolute Gasteiger partial charge is 0.493 e. The minimum atomic E-state index is 0.112. The molecule has 21 nitrogen and oxygen atoms in total. The van der Waals surface area contributed by atoms with E-state index in [0.29, 0.717) is 86.4 Å². The van der Waals surface area contributed by atoms with Gasteiger partial charge in [-0.15, -0.1) is 0 Å². The molecule has 2 aliphatic rings. The van der Waals surface area contributed by atoms with Crippen LogP contribution in [0, 0.1) is 0 Å². The lowest BCUT2D eigenvalue weighted by Gasteiger charge is -2.20. The number of rotatable bonds is 15. The fourth-order valence-corrected chi connectivity index (χ4v) is 8.67. The van der Waals surface area contributed by atoms with Crippen molar-refractivity contribution < 1.29 is 37.3 Å². The summed E-state index contributed by atoms with van der Waals surface area (Å²) in [6.07, 6.45) is 16.9. The molecule has 1 aliphatic heterocycles. The molecule has 376 valence electrons. The molecule has 1 aliphatic carbocycles. The zero-order chi connectivity index (χ0) is 50.2. The summed E-state index contributed by atoms with van der Waals surface area (Å²) in [5.74, 6) is 6.07. The highest BCUT2D eigenvalue weighted by molar-refractivity contribution is 6.28. The topological polar surface area (TPSA) is 203 Å². The van der Waals surface area contributed by atoms with Crippen LogP contribution < -0.4 is 44.0 Å². The summed E-state index contributed by atoms with van der Waals surface area (Å²) in [5, 5.41) is 6.51. The Morgan fingerprint density at radius 2 is 1.06 bits per heavy atom. The van der Waals surface area contributed by atoms with Gasteiger partial charge in [0.25, 0.3) is 0 Å². The molecule has 1 saturated carbocycles. The minimum absolute atomic E-state index is 0.112. The van der Waals surface area contributed by atoms with E-state index in [9.17, 15) is 0 Å². The molecule has 2 N–H and O–H groups in total. The Morgan fingerprint density at radius 1 is 0.592 bits per heavy atom. The van der Waals surface area contributed by atoms with E-state index in [4.69, 9.17) is 58.8 Å². The van der Waals surface area contributed by atoms with Crippen LogP contribution in [0.3, 0.4) is 0 Å². The quantitative estimate of drug-likeness (QED) is 0.0923. The van der Waals surface area contributed by atoms with E-state index in [2.05, 4.69) is 73.5 Å². The van der Waals surface area contributed by atoms with Crippen molar-refractivity contribution in [1.82, 2.24) is 48.8 Å². The Kier molecular flexibility index (Phi) is 15.8. The van der Waals surface area contributed by atoms with E-state index < -0.39 is 0 Å². The van der Waals surface area contributed by atoms with Gasteiger partial charge in [0.15, 0.2) is 45.8 Å². The van der Waals surface area contributed by atoms with Gasteiger partial charge in [-0.3, -0.25) is 0 Å². The summed E-state index contributed by atoms with van der Waals surface area (Å²) in [5.41, 5.74) is 4.00. The number of aromatic nitrogens is 8. The van der Waals surface area contributed by atoms with E-state index in [0.717, 1.165) is 42.4 Å². The van der Waals surface area contributed by atoms with Crippen LogP contribution in [0.15, 0.2) is 82.8 Å². The van der Waals surface area contributed by atoms with Crippen molar-refractivity contribution >= 4 is 63.0 Å². The molecule has 1 atom stereocenters. The molecule has 0 bridgehead atoms. The molecule has 71 heavy (non-hydrogen) atoms. The first-order valence-electron chi connectivity index (χ1n) is 22.9. The number of furan rings is 2. The standard InChI is InChI=1S/C24H29N7O4.C18H16ClN5O4.C7H15N/c1-29(2)15-6-8-30(12-15)24-26-17-7-9-35-21(17)23(28-24)27-20-13-31(14-25-20)16-10-18(32-3)22(34-5)19(11-16)33-4;1-25-12-6-10(7-13(26-2)16(12)27-3)24-8-14(20-9-24)22-17-15-11(4-5-28-15)21-18(19)23-17;1-8(2)7-5-3-4-6-7/h7,9-11,13-15H,6,8,12H2,1-5H3,(H,26,27,28);4-9H,1-3H3,(H,21,22,23);7H,3-6H2,1-2H3/t15-;;/m1../s1. The molecule has 0 radical (unpaired) electrons. The minimum Gasteiger partial charge on any atom is -0.493 e. The Hall–Kier alpha value is -7.49. The van der Waals surface area contributed by atoms with Crippen LogP contribution in [0.1, 0.15) is 32.1 Å². The second-order valence-electron chi connectivity index (χ2n) is 17.1. The van der Waals surface area contributed by atoms with Gasteiger partial charge in [-0.05, 0) is 59.1 Å². The normalized spacial score (nSPS) is 14.6. The molecule has 1 saturated heterocycles. The number of ether oxygens (including phenoxy) is 6. The van der Waals surface area contributed by atoms with Gasteiger partial charge in [0.1, 0.15) is 35.3 Å². The molecule has 22 heteroatoms. The lowest BCUT2D eigenvalue weighted by molar-refractivity contribution is 0.299. The molecule has 0 amide bonds.